The number of hydrogen-bond donors (Lipinski definition) is 0. The van der Waals surface area contributed by atoms with Crippen LogP contribution in [0.5, 0.6) is 5.75 Å². The van der Waals surface area contributed by atoms with Crippen LogP contribution in [0.25, 0.3) is 0 Å². The summed E-state index contributed by atoms with van der Waals surface area (Å²) < 4.78 is 5.23. The van der Waals surface area contributed by atoms with Crippen LogP contribution in [0.15, 0.2) is 24.3 Å². The first-order chi connectivity index (χ1) is 4.88. The van der Waals surface area contributed by atoms with E-state index in [4.69, 9.17) is 3.07 Å². The number of aryl methyl sites for hydroxylation is 1. The van der Waals surface area contributed by atoms with Crippen LogP contribution in [-0.2, 0) is 6.42 Å². The molecule has 0 unspecified atom stereocenters. The molecule has 1 aromatic rings. The van der Waals surface area contributed by atoms with Gasteiger partial charge < -0.3 is 0 Å². The summed E-state index contributed by atoms with van der Waals surface area (Å²) in [5, 5.41) is 0. The van der Waals surface area contributed by atoms with Crippen molar-refractivity contribution < 1.29 is 3.07 Å². The molecule has 51 valence electrons. The normalized spacial score (nSPS) is 9.40. The summed E-state index contributed by atoms with van der Waals surface area (Å²) in [5.41, 5.74) is 1.29. The Kier molecular flexibility index (Phi) is 3.06. The van der Waals surface area contributed by atoms with Gasteiger partial charge in [-0.15, -0.1) is 0 Å². The summed E-state index contributed by atoms with van der Waals surface area (Å²) in [5.74, 6) is 1.03. The predicted molar refractivity (Wildman–Crippen MR) is 42.2 cm³/mol. The van der Waals surface area contributed by atoms with Crippen molar-refractivity contribution in [2.24, 2.45) is 0 Å². The third kappa shape index (κ3) is 1.66. The van der Waals surface area contributed by atoms with Gasteiger partial charge in [-0.25, -0.2) is 0 Å². The maximum atomic E-state index is 5.23. The molecule has 0 bridgehead atoms. The molecule has 0 aliphatic carbocycles. The van der Waals surface area contributed by atoms with Gasteiger partial charge in [0.1, 0.15) is 0 Å². The van der Waals surface area contributed by atoms with Crippen molar-refractivity contribution in [2.75, 3.05) is 0 Å². The fourth-order valence-electron chi connectivity index (χ4n) is 0.895. The zero-order chi connectivity index (χ0) is 7.40. The fourth-order valence-corrected chi connectivity index (χ4v) is 1.46. The van der Waals surface area contributed by atoms with Crippen LogP contribution in [0.1, 0.15) is 12.5 Å². The van der Waals surface area contributed by atoms with Crippen molar-refractivity contribution >= 4 is 22.9 Å². The molecule has 1 nitrogen and oxygen atoms in total. The van der Waals surface area contributed by atoms with E-state index in [-0.39, 0.29) is 0 Å². The van der Waals surface area contributed by atoms with Crippen LogP contribution in [0, 0.1) is 0 Å². The molecule has 0 fully saturated rings. The summed E-state index contributed by atoms with van der Waals surface area (Å²) in [4.78, 5) is 0. The first kappa shape index (κ1) is 7.92. The van der Waals surface area contributed by atoms with E-state index in [1.54, 1.807) is 0 Å². The summed E-state index contributed by atoms with van der Waals surface area (Å²) in [6, 6.07) is 8.14. The second kappa shape index (κ2) is 3.86. The van der Waals surface area contributed by atoms with Crippen molar-refractivity contribution in [2.45, 2.75) is 13.3 Å². The van der Waals surface area contributed by atoms with Gasteiger partial charge in [0.15, 0.2) is 0 Å². The van der Waals surface area contributed by atoms with Crippen LogP contribution < -0.4 is 3.07 Å². The molecule has 2 heteroatoms. The Morgan fingerprint density at radius 1 is 1.40 bits per heavy atom. The van der Waals surface area contributed by atoms with Gasteiger partial charge in [0.05, 0.1) is 0 Å². The molecule has 0 N–H and O–H groups in total. The third-order valence-corrected chi connectivity index (χ3v) is 2.09. The maximum absolute atomic E-state index is 5.23. The summed E-state index contributed by atoms with van der Waals surface area (Å²) in [7, 11) is 0. The fraction of sp³-hybridized carbons (Fsp3) is 0.250. The minimum atomic E-state index is 1.03. The average Bonchev–Trinajstić information content (AvgIpc) is 2.04. The predicted octanol–water partition coefficient (Wildman–Crippen LogP) is 1.71. The Morgan fingerprint density at radius 2 is 2.10 bits per heavy atom. The Labute approximate surface area is 75.0 Å². The second-order valence-corrected chi connectivity index (χ2v) is 2.65. The van der Waals surface area contributed by atoms with Crippen LogP contribution in [0.3, 0.4) is 0 Å². The first-order valence-electron chi connectivity index (χ1n) is 3.30. The quantitative estimate of drug-likeness (QED) is 0.715. The van der Waals surface area contributed by atoms with Gasteiger partial charge in [-0.3, -0.25) is 0 Å². The molecule has 0 aliphatic rings. The summed E-state index contributed by atoms with van der Waals surface area (Å²) in [6.07, 6.45) is 1.05. The van der Waals surface area contributed by atoms with Gasteiger partial charge in [0, 0.05) is 0 Å². The van der Waals surface area contributed by atoms with E-state index in [0.29, 0.717) is 0 Å². The van der Waals surface area contributed by atoms with E-state index in [9.17, 15) is 0 Å². The molecule has 0 saturated heterocycles. The van der Waals surface area contributed by atoms with Gasteiger partial charge >= 0.3 is 74.9 Å². The molecule has 1 rings (SSSR count). The molecule has 0 amide bonds. The van der Waals surface area contributed by atoms with E-state index in [2.05, 4.69) is 13.0 Å². The minimum absolute atomic E-state index is 1.03. The monoisotopic (exact) mass is 241 g/mol. The second-order valence-electron chi connectivity index (χ2n) is 2.06. The van der Waals surface area contributed by atoms with Crippen LogP contribution in [0.2, 0.25) is 0 Å². The SMILES string of the molecule is CCc1ccccc1[O][Sn]. The van der Waals surface area contributed by atoms with E-state index < -0.39 is 0 Å². The van der Waals surface area contributed by atoms with Crippen molar-refractivity contribution in [3.8, 4) is 5.75 Å². The molecular formula is C8H9OSn. The third-order valence-electron chi connectivity index (χ3n) is 1.46. The zero-order valence-electron chi connectivity index (χ0n) is 5.92. The van der Waals surface area contributed by atoms with E-state index in [0.717, 1.165) is 35.1 Å². The molecule has 1 aromatic carbocycles. The van der Waals surface area contributed by atoms with Gasteiger partial charge in [-0.1, -0.05) is 0 Å². The Bertz CT molecular complexity index is 187. The van der Waals surface area contributed by atoms with Crippen molar-refractivity contribution in [1.29, 1.82) is 0 Å². The van der Waals surface area contributed by atoms with Gasteiger partial charge in [0.2, 0.25) is 0 Å². The van der Waals surface area contributed by atoms with E-state index in [1.165, 1.54) is 5.56 Å². The summed E-state index contributed by atoms with van der Waals surface area (Å²) in [6.45, 7) is 2.13. The molecule has 0 aliphatic heterocycles. The molecule has 0 heterocycles. The molecule has 10 heavy (non-hydrogen) atoms. The van der Waals surface area contributed by atoms with Crippen LogP contribution in [0.4, 0.5) is 0 Å². The van der Waals surface area contributed by atoms with Gasteiger partial charge in [-0.05, 0) is 0 Å². The van der Waals surface area contributed by atoms with Crippen LogP contribution in [-0.4, -0.2) is 22.9 Å². The zero-order valence-corrected chi connectivity index (χ0v) is 8.78. The molecule has 0 atom stereocenters. The number of rotatable bonds is 2. The van der Waals surface area contributed by atoms with E-state index >= 15 is 0 Å². The van der Waals surface area contributed by atoms with Crippen molar-refractivity contribution in [3.05, 3.63) is 29.8 Å². The van der Waals surface area contributed by atoms with Gasteiger partial charge in [-0.2, -0.15) is 0 Å². The number of hydrogen-bond acceptors (Lipinski definition) is 1. The Hall–Kier alpha value is -0.181. The van der Waals surface area contributed by atoms with Crippen LogP contribution >= 0.6 is 0 Å². The average molecular weight is 240 g/mol. The van der Waals surface area contributed by atoms with Gasteiger partial charge in [0.25, 0.3) is 0 Å². The topological polar surface area (TPSA) is 9.23 Å². The summed E-state index contributed by atoms with van der Waals surface area (Å²) >= 11 is 1.10. The molecular weight excluding hydrogens is 231 g/mol. The molecule has 0 spiro atoms. The Balaban J connectivity index is 2.96. The number of benzene rings is 1. The van der Waals surface area contributed by atoms with Crippen molar-refractivity contribution in [3.63, 3.8) is 0 Å². The number of para-hydroxylation sites is 1. The molecule has 3 radical (unpaired) electrons. The Morgan fingerprint density at radius 3 is 2.60 bits per heavy atom. The standard InChI is InChI=1S/C8H10O.Sn/c1-2-7-5-3-4-6-8(7)9;/h3-6,9H,2H2,1H3;/q;+1/p-1. The van der Waals surface area contributed by atoms with E-state index in [1.807, 2.05) is 18.2 Å². The molecule has 0 saturated carbocycles. The first-order valence-corrected chi connectivity index (χ1v) is 4.46. The molecule has 0 aromatic heterocycles. The van der Waals surface area contributed by atoms with Crippen molar-refractivity contribution in [1.82, 2.24) is 0 Å².